The molecule has 0 spiro atoms. The van der Waals surface area contributed by atoms with E-state index < -0.39 is 5.69 Å². The summed E-state index contributed by atoms with van der Waals surface area (Å²) < 4.78 is 7.96. The number of carbonyl (C=O) groups excluding carboxylic acids is 1. The molecule has 0 atom stereocenters. The van der Waals surface area contributed by atoms with Crippen LogP contribution in [0.3, 0.4) is 0 Å². The maximum atomic E-state index is 13.0. The van der Waals surface area contributed by atoms with Crippen LogP contribution in [0.1, 0.15) is 31.4 Å². The summed E-state index contributed by atoms with van der Waals surface area (Å²) >= 11 is 0. The predicted octanol–water partition coefficient (Wildman–Crippen LogP) is 2.06. The molecule has 3 heterocycles. The van der Waals surface area contributed by atoms with E-state index in [0.717, 1.165) is 36.1 Å². The Balaban J connectivity index is 1.70. The Hall–Kier alpha value is -3.16. The smallest absolute Gasteiger partial charge is 0.352 e. The van der Waals surface area contributed by atoms with Crippen LogP contribution in [0.25, 0.3) is 17.4 Å². The number of aromatic nitrogens is 4. The molecule has 0 saturated heterocycles. The SMILES string of the molecule is Cc1cccc(-n2c(-c3ccco3)nn(CC(=O)NC3CCCC3)c2=O)n1. The predicted molar refractivity (Wildman–Crippen MR) is 98.5 cm³/mol. The van der Waals surface area contributed by atoms with Crippen molar-refractivity contribution in [3.05, 3.63) is 52.8 Å². The van der Waals surface area contributed by atoms with Gasteiger partial charge >= 0.3 is 5.69 Å². The molecule has 3 aromatic heterocycles. The Kier molecular flexibility index (Phi) is 4.62. The van der Waals surface area contributed by atoms with Crippen molar-refractivity contribution in [3.8, 4) is 17.4 Å². The average molecular weight is 367 g/mol. The zero-order chi connectivity index (χ0) is 18.8. The maximum Gasteiger partial charge on any atom is 0.352 e. The normalized spacial score (nSPS) is 14.6. The Morgan fingerprint density at radius 3 is 2.78 bits per heavy atom. The zero-order valence-electron chi connectivity index (χ0n) is 15.1. The van der Waals surface area contributed by atoms with Crippen LogP contribution in [0.5, 0.6) is 0 Å². The van der Waals surface area contributed by atoms with Gasteiger partial charge in [0.05, 0.1) is 6.26 Å². The first kappa shape index (κ1) is 17.3. The van der Waals surface area contributed by atoms with E-state index in [1.807, 2.05) is 19.1 Å². The van der Waals surface area contributed by atoms with Crippen LogP contribution < -0.4 is 11.0 Å². The van der Waals surface area contributed by atoms with Crippen molar-refractivity contribution < 1.29 is 9.21 Å². The third-order valence-corrected chi connectivity index (χ3v) is 4.70. The minimum atomic E-state index is -0.430. The van der Waals surface area contributed by atoms with E-state index >= 15 is 0 Å². The molecule has 1 aliphatic rings. The third kappa shape index (κ3) is 3.55. The summed E-state index contributed by atoms with van der Waals surface area (Å²) in [4.78, 5) is 29.7. The summed E-state index contributed by atoms with van der Waals surface area (Å²) in [5, 5.41) is 7.33. The van der Waals surface area contributed by atoms with Gasteiger partial charge in [0, 0.05) is 11.7 Å². The molecular formula is C19H21N5O3. The summed E-state index contributed by atoms with van der Waals surface area (Å²) in [6, 6.07) is 9.03. The van der Waals surface area contributed by atoms with Gasteiger partial charge in [-0.25, -0.2) is 19.0 Å². The van der Waals surface area contributed by atoms with Crippen LogP contribution in [0.15, 0.2) is 45.8 Å². The number of furan rings is 1. The minimum absolute atomic E-state index is 0.137. The Labute approximate surface area is 155 Å². The lowest BCUT2D eigenvalue weighted by Crippen LogP contribution is -2.38. The Morgan fingerprint density at radius 1 is 1.26 bits per heavy atom. The van der Waals surface area contributed by atoms with Gasteiger partial charge in [0.15, 0.2) is 5.76 Å². The molecule has 4 rings (SSSR count). The number of carbonyl (C=O) groups is 1. The van der Waals surface area contributed by atoms with Gasteiger partial charge in [-0.2, -0.15) is 0 Å². The molecule has 0 unspecified atom stereocenters. The number of nitrogens with one attached hydrogen (secondary N) is 1. The average Bonchev–Trinajstić information content (AvgIpc) is 3.38. The van der Waals surface area contributed by atoms with E-state index in [-0.39, 0.29) is 18.5 Å². The Bertz CT molecular complexity index is 997. The highest BCUT2D eigenvalue weighted by atomic mass is 16.3. The van der Waals surface area contributed by atoms with Crippen molar-refractivity contribution in [3.63, 3.8) is 0 Å². The van der Waals surface area contributed by atoms with E-state index in [2.05, 4.69) is 15.4 Å². The summed E-state index contributed by atoms with van der Waals surface area (Å²) in [6.45, 7) is 1.71. The molecule has 0 aliphatic heterocycles. The van der Waals surface area contributed by atoms with Crippen molar-refractivity contribution in [2.75, 3.05) is 0 Å². The third-order valence-electron chi connectivity index (χ3n) is 4.70. The van der Waals surface area contributed by atoms with Gasteiger partial charge in [0.2, 0.25) is 11.7 Å². The highest BCUT2D eigenvalue weighted by molar-refractivity contribution is 5.76. The second-order valence-electron chi connectivity index (χ2n) is 6.76. The van der Waals surface area contributed by atoms with Gasteiger partial charge < -0.3 is 9.73 Å². The van der Waals surface area contributed by atoms with Gasteiger partial charge in [0.1, 0.15) is 12.4 Å². The van der Waals surface area contributed by atoms with Crippen LogP contribution in [0.2, 0.25) is 0 Å². The van der Waals surface area contributed by atoms with Gasteiger partial charge in [-0.15, -0.1) is 5.10 Å². The summed E-state index contributed by atoms with van der Waals surface area (Å²) in [6.07, 6.45) is 5.74. The number of rotatable bonds is 5. The van der Waals surface area contributed by atoms with Crippen molar-refractivity contribution in [1.29, 1.82) is 0 Å². The zero-order valence-corrected chi connectivity index (χ0v) is 15.1. The molecule has 3 aromatic rings. The van der Waals surface area contributed by atoms with E-state index in [1.54, 1.807) is 18.2 Å². The number of amides is 1. The molecule has 8 heteroatoms. The minimum Gasteiger partial charge on any atom is -0.461 e. The summed E-state index contributed by atoms with van der Waals surface area (Å²) in [5.41, 5.74) is 0.345. The first-order chi connectivity index (χ1) is 13.1. The monoisotopic (exact) mass is 367 g/mol. The fraction of sp³-hybridized carbons (Fsp3) is 0.368. The number of hydrogen-bond acceptors (Lipinski definition) is 5. The first-order valence-electron chi connectivity index (χ1n) is 9.09. The van der Waals surface area contributed by atoms with Gasteiger partial charge in [-0.3, -0.25) is 4.79 Å². The lowest BCUT2D eigenvalue weighted by molar-refractivity contribution is -0.122. The van der Waals surface area contributed by atoms with E-state index in [9.17, 15) is 9.59 Å². The maximum absolute atomic E-state index is 13.0. The molecule has 0 radical (unpaired) electrons. The fourth-order valence-corrected chi connectivity index (χ4v) is 3.42. The van der Waals surface area contributed by atoms with Gasteiger partial charge in [-0.1, -0.05) is 18.9 Å². The van der Waals surface area contributed by atoms with E-state index in [1.165, 1.54) is 10.8 Å². The molecule has 1 N–H and O–H groups in total. The molecule has 1 saturated carbocycles. The molecule has 0 aromatic carbocycles. The molecule has 1 aliphatic carbocycles. The molecule has 0 bridgehead atoms. The van der Waals surface area contributed by atoms with Crippen LogP contribution >= 0.6 is 0 Å². The first-order valence-corrected chi connectivity index (χ1v) is 9.09. The van der Waals surface area contributed by atoms with Crippen LogP contribution in [-0.4, -0.2) is 31.3 Å². The van der Waals surface area contributed by atoms with Crippen molar-refractivity contribution >= 4 is 5.91 Å². The molecular weight excluding hydrogens is 346 g/mol. The quantitative estimate of drug-likeness (QED) is 0.745. The Morgan fingerprint density at radius 2 is 2.07 bits per heavy atom. The van der Waals surface area contributed by atoms with Gasteiger partial charge in [0.25, 0.3) is 0 Å². The molecule has 8 nitrogen and oxygen atoms in total. The second kappa shape index (κ2) is 7.22. The van der Waals surface area contributed by atoms with E-state index in [4.69, 9.17) is 4.42 Å². The molecule has 27 heavy (non-hydrogen) atoms. The second-order valence-corrected chi connectivity index (χ2v) is 6.76. The fourth-order valence-electron chi connectivity index (χ4n) is 3.42. The van der Waals surface area contributed by atoms with Crippen molar-refractivity contribution in [2.45, 2.75) is 45.2 Å². The van der Waals surface area contributed by atoms with Crippen molar-refractivity contribution in [2.24, 2.45) is 0 Å². The number of aryl methyl sites for hydroxylation is 1. The van der Waals surface area contributed by atoms with Crippen LogP contribution in [0.4, 0.5) is 0 Å². The molecule has 140 valence electrons. The molecule has 1 fully saturated rings. The largest absolute Gasteiger partial charge is 0.461 e. The lowest BCUT2D eigenvalue weighted by Gasteiger charge is -2.11. The van der Waals surface area contributed by atoms with Gasteiger partial charge in [-0.05, 0) is 44.0 Å². The number of nitrogens with zero attached hydrogens (tertiary/aromatic N) is 4. The topological polar surface area (TPSA) is 95.0 Å². The van der Waals surface area contributed by atoms with E-state index in [0.29, 0.717) is 17.4 Å². The van der Waals surface area contributed by atoms with Crippen LogP contribution in [0, 0.1) is 6.92 Å². The number of pyridine rings is 1. The van der Waals surface area contributed by atoms with Crippen molar-refractivity contribution in [1.82, 2.24) is 24.6 Å². The number of hydrogen-bond donors (Lipinski definition) is 1. The summed E-state index contributed by atoms with van der Waals surface area (Å²) in [5.74, 6) is 0.979. The van der Waals surface area contributed by atoms with Crippen LogP contribution in [-0.2, 0) is 11.3 Å². The highest BCUT2D eigenvalue weighted by Gasteiger charge is 2.22. The standard InChI is InChI=1S/C19H21N5O3/c1-13-6-4-10-16(20-13)24-18(15-9-5-11-27-15)22-23(19(24)26)12-17(25)21-14-7-2-3-8-14/h4-6,9-11,14H,2-3,7-8,12H2,1H3,(H,21,25). The summed E-state index contributed by atoms with van der Waals surface area (Å²) in [7, 11) is 0. The lowest BCUT2D eigenvalue weighted by atomic mass is 10.2. The highest BCUT2D eigenvalue weighted by Crippen LogP contribution is 2.20. The molecule has 1 amide bonds.